The van der Waals surface area contributed by atoms with Gasteiger partial charge in [0.2, 0.25) is 0 Å². The number of thiazole rings is 1. The Labute approximate surface area is 71.7 Å². The number of hydrogen-bond acceptors (Lipinski definition) is 3. The molecular weight excluding hydrogens is 156 g/mol. The number of aryl methyl sites for hydroxylation is 1. The molecule has 1 aromatic heterocycles. The van der Waals surface area contributed by atoms with Crippen molar-refractivity contribution in [3.05, 3.63) is 11.1 Å². The second kappa shape index (κ2) is 4.34. The third-order valence-corrected chi connectivity index (χ3v) is 2.30. The van der Waals surface area contributed by atoms with Crippen molar-refractivity contribution in [1.29, 1.82) is 0 Å². The van der Waals surface area contributed by atoms with Crippen LogP contribution in [0.2, 0.25) is 0 Å². The predicted octanol–water partition coefficient (Wildman–Crippen LogP) is 2.66. The first kappa shape index (κ1) is 8.53. The number of rotatable bonds is 4. The second-order valence-electron chi connectivity index (χ2n) is 2.56. The standard InChI is InChI=1S/C8H14N2S/c1-3-4-5-9-8-10-6-7(2)11-8/h6H,3-5H2,1-2H3,(H,9,10). The Balaban J connectivity index is 2.27. The minimum Gasteiger partial charge on any atom is -0.362 e. The van der Waals surface area contributed by atoms with Crippen LogP contribution < -0.4 is 5.32 Å². The van der Waals surface area contributed by atoms with E-state index in [9.17, 15) is 0 Å². The number of nitrogens with zero attached hydrogens (tertiary/aromatic N) is 1. The average Bonchev–Trinajstić information content (AvgIpc) is 2.37. The van der Waals surface area contributed by atoms with Crippen LogP contribution in [0.25, 0.3) is 0 Å². The van der Waals surface area contributed by atoms with Crippen LogP contribution in [0.1, 0.15) is 24.6 Å². The molecule has 3 heteroatoms. The van der Waals surface area contributed by atoms with Crippen LogP contribution >= 0.6 is 11.3 Å². The van der Waals surface area contributed by atoms with Crippen LogP contribution in [0.15, 0.2) is 6.20 Å². The van der Waals surface area contributed by atoms with Crippen molar-refractivity contribution in [3.63, 3.8) is 0 Å². The van der Waals surface area contributed by atoms with Crippen molar-refractivity contribution >= 4 is 16.5 Å². The highest BCUT2D eigenvalue weighted by atomic mass is 32.1. The summed E-state index contributed by atoms with van der Waals surface area (Å²) in [5, 5.41) is 4.33. The highest BCUT2D eigenvalue weighted by Crippen LogP contribution is 2.15. The zero-order valence-electron chi connectivity index (χ0n) is 7.05. The maximum Gasteiger partial charge on any atom is 0.182 e. The van der Waals surface area contributed by atoms with E-state index in [1.807, 2.05) is 6.20 Å². The van der Waals surface area contributed by atoms with E-state index in [1.54, 1.807) is 11.3 Å². The van der Waals surface area contributed by atoms with E-state index in [0.29, 0.717) is 0 Å². The second-order valence-corrected chi connectivity index (χ2v) is 3.79. The van der Waals surface area contributed by atoms with Crippen molar-refractivity contribution in [2.24, 2.45) is 0 Å². The SMILES string of the molecule is CCCCNc1ncc(C)s1. The lowest BCUT2D eigenvalue weighted by Gasteiger charge is -1.98. The molecule has 0 atom stereocenters. The molecule has 0 radical (unpaired) electrons. The zero-order valence-corrected chi connectivity index (χ0v) is 7.87. The van der Waals surface area contributed by atoms with Crippen molar-refractivity contribution < 1.29 is 0 Å². The van der Waals surface area contributed by atoms with Gasteiger partial charge in [-0.3, -0.25) is 0 Å². The molecule has 0 aliphatic carbocycles. The van der Waals surface area contributed by atoms with E-state index in [2.05, 4.69) is 24.1 Å². The average molecular weight is 170 g/mol. The molecule has 0 aliphatic heterocycles. The van der Waals surface area contributed by atoms with Gasteiger partial charge in [-0.2, -0.15) is 0 Å². The number of unbranched alkanes of at least 4 members (excludes halogenated alkanes) is 1. The van der Waals surface area contributed by atoms with Gasteiger partial charge in [-0.15, -0.1) is 11.3 Å². The van der Waals surface area contributed by atoms with Crippen LogP contribution in [-0.2, 0) is 0 Å². The molecule has 2 nitrogen and oxygen atoms in total. The Morgan fingerprint density at radius 2 is 2.45 bits per heavy atom. The van der Waals surface area contributed by atoms with Gasteiger partial charge in [-0.05, 0) is 13.3 Å². The first-order chi connectivity index (χ1) is 5.33. The van der Waals surface area contributed by atoms with E-state index >= 15 is 0 Å². The van der Waals surface area contributed by atoms with Crippen LogP contribution in [0.4, 0.5) is 5.13 Å². The van der Waals surface area contributed by atoms with Crippen LogP contribution in [0.5, 0.6) is 0 Å². The molecule has 0 saturated carbocycles. The molecule has 11 heavy (non-hydrogen) atoms. The zero-order chi connectivity index (χ0) is 8.10. The molecule has 0 spiro atoms. The minimum absolute atomic E-state index is 1.05. The molecule has 1 N–H and O–H groups in total. The molecule has 1 aromatic rings. The van der Waals surface area contributed by atoms with Crippen LogP contribution in [-0.4, -0.2) is 11.5 Å². The third-order valence-electron chi connectivity index (χ3n) is 1.43. The topological polar surface area (TPSA) is 24.9 Å². The first-order valence-corrected chi connectivity index (χ1v) is 4.81. The van der Waals surface area contributed by atoms with Gasteiger partial charge in [0, 0.05) is 17.6 Å². The number of aromatic nitrogens is 1. The molecule has 0 amide bonds. The van der Waals surface area contributed by atoms with Gasteiger partial charge in [0.15, 0.2) is 5.13 Å². The van der Waals surface area contributed by atoms with Gasteiger partial charge in [0.05, 0.1) is 0 Å². The third kappa shape index (κ3) is 2.89. The van der Waals surface area contributed by atoms with E-state index in [1.165, 1.54) is 17.7 Å². The number of nitrogens with one attached hydrogen (secondary N) is 1. The van der Waals surface area contributed by atoms with Crippen molar-refractivity contribution in [3.8, 4) is 0 Å². The first-order valence-electron chi connectivity index (χ1n) is 3.99. The van der Waals surface area contributed by atoms with E-state index in [0.717, 1.165) is 11.7 Å². The molecule has 1 heterocycles. The summed E-state index contributed by atoms with van der Waals surface area (Å²) in [7, 11) is 0. The largest absolute Gasteiger partial charge is 0.362 e. The minimum atomic E-state index is 1.05. The summed E-state index contributed by atoms with van der Waals surface area (Å²) in [6.45, 7) is 5.31. The summed E-state index contributed by atoms with van der Waals surface area (Å²) in [6, 6.07) is 0. The lowest BCUT2D eigenvalue weighted by atomic mass is 10.3. The summed E-state index contributed by atoms with van der Waals surface area (Å²) in [6.07, 6.45) is 4.36. The summed E-state index contributed by atoms with van der Waals surface area (Å²) >= 11 is 1.72. The van der Waals surface area contributed by atoms with Gasteiger partial charge in [0.1, 0.15) is 0 Å². The van der Waals surface area contributed by atoms with Crippen molar-refractivity contribution in [1.82, 2.24) is 4.98 Å². The summed E-state index contributed by atoms with van der Waals surface area (Å²) < 4.78 is 0. The van der Waals surface area contributed by atoms with Crippen molar-refractivity contribution in [2.75, 3.05) is 11.9 Å². The normalized spacial score (nSPS) is 10.0. The molecular formula is C8H14N2S. The monoisotopic (exact) mass is 170 g/mol. The molecule has 0 aromatic carbocycles. The fourth-order valence-electron chi connectivity index (χ4n) is 0.809. The molecule has 0 bridgehead atoms. The highest BCUT2D eigenvalue weighted by molar-refractivity contribution is 7.15. The van der Waals surface area contributed by atoms with E-state index in [-0.39, 0.29) is 0 Å². The quantitative estimate of drug-likeness (QED) is 0.703. The Hall–Kier alpha value is -0.570. The Morgan fingerprint density at radius 1 is 1.64 bits per heavy atom. The van der Waals surface area contributed by atoms with Crippen LogP contribution in [0.3, 0.4) is 0 Å². The van der Waals surface area contributed by atoms with Crippen LogP contribution in [0, 0.1) is 6.92 Å². The van der Waals surface area contributed by atoms with Crippen molar-refractivity contribution in [2.45, 2.75) is 26.7 Å². The molecule has 0 aliphatic rings. The molecule has 1 rings (SSSR count). The molecule has 0 unspecified atom stereocenters. The molecule has 62 valence electrons. The lowest BCUT2D eigenvalue weighted by molar-refractivity contribution is 0.833. The van der Waals surface area contributed by atoms with Gasteiger partial charge >= 0.3 is 0 Å². The predicted molar refractivity (Wildman–Crippen MR) is 50.2 cm³/mol. The smallest absolute Gasteiger partial charge is 0.182 e. The summed E-state index contributed by atoms with van der Waals surface area (Å²) in [5.74, 6) is 0. The fourth-order valence-corrected chi connectivity index (χ4v) is 1.50. The van der Waals surface area contributed by atoms with Gasteiger partial charge in [0.25, 0.3) is 0 Å². The fraction of sp³-hybridized carbons (Fsp3) is 0.625. The Morgan fingerprint density at radius 3 is 3.00 bits per heavy atom. The lowest BCUT2D eigenvalue weighted by Crippen LogP contribution is -1.99. The number of anilines is 1. The maximum absolute atomic E-state index is 4.19. The molecule has 0 saturated heterocycles. The maximum atomic E-state index is 4.19. The van der Waals surface area contributed by atoms with Gasteiger partial charge < -0.3 is 5.32 Å². The Kier molecular flexibility index (Phi) is 3.36. The Bertz CT molecular complexity index is 208. The van der Waals surface area contributed by atoms with Gasteiger partial charge in [-0.1, -0.05) is 13.3 Å². The number of hydrogen-bond donors (Lipinski definition) is 1. The highest BCUT2D eigenvalue weighted by Gasteiger charge is 1.94. The van der Waals surface area contributed by atoms with E-state index in [4.69, 9.17) is 0 Å². The van der Waals surface area contributed by atoms with E-state index < -0.39 is 0 Å². The molecule has 0 fully saturated rings. The van der Waals surface area contributed by atoms with Gasteiger partial charge in [-0.25, -0.2) is 4.98 Å². The summed E-state index contributed by atoms with van der Waals surface area (Å²) in [5.41, 5.74) is 0. The summed E-state index contributed by atoms with van der Waals surface area (Å²) in [4.78, 5) is 5.46.